The SMILES string of the molecule is COc1ccccc1C(=O)NCC1(c2ccccc2)CCN(C(=O)O)CC1. The predicted octanol–water partition coefficient (Wildman–Crippen LogP) is 3.14. The average Bonchev–Trinajstić information content (AvgIpc) is 2.72. The van der Waals surface area contributed by atoms with Crippen molar-refractivity contribution in [2.75, 3.05) is 26.7 Å². The molecule has 0 bridgehead atoms. The molecule has 0 atom stereocenters. The Bertz CT molecular complexity index is 799. The Kier molecular flexibility index (Phi) is 5.64. The number of ether oxygens (including phenoxy) is 1. The van der Waals surface area contributed by atoms with Crippen LogP contribution in [0.15, 0.2) is 54.6 Å². The maximum absolute atomic E-state index is 12.7. The fourth-order valence-electron chi connectivity index (χ4n) is 3.66. The Labute approximate surface area is 158 Å². The second-order valence-electron chi connectivity index (χ2n) is 6.80. The summed E-state index contributed by atoms with van der Waals surface area (Å²) in [5.74, 6) is 0.341. The number of nitrogens with one attached hydrogen (secondary N) is 1. The van der Waals surface area contributed by atoms with Crippen LogP contribution < -0.4 is 10.1 Å². The zero-order chi connectivity index (χ0) is 19.3. The molecule has 2 aromatic carbocycles. The third-order valence-corrected chi connectivity index (χ3v) is 5.32. The van der Waals surface area contributed by atoms with Gasteiger partial charge in [-0.1, -0.05) is 42.5 Å². The van der Waals surface area contributed by atoms with Crippen molar-refractivity contribution < 1.29 is 19.4 Å². The van der Waals surface area contributed by atoms with Crippen molar-refractivity contribution in [1.29, 1.82) is 0 Å². The lowest BCUT2D eigenvalue weighted by molar-refractivity contribution is 0.0905. The second kappa shape index (κ2) is 8.12. The van der Waals surface area contributed by atoms with Crippen LogP contribution in [0.5, 0.6) is 5.75 Å². The summed E-state index contributed by atoms with van der Waals surface area (Å²) in [5, 5.41) is 12.3. The van der Waals surface area contributed by atoms with Crippen molar-refractivity contribution in [3.63, 3.8) is 0 Å². The lowest BCUT2D eigenvalue weighted by atomic mass is 9.72. The van der Waals surface area contributed by atoms with Crippen molar-refractivity contribution in [3.05, 3.63) is 65.7 Å². The van der Waals surface area contributed by atoms with Crippen LogP contribution in [0, 0.1) is 0 Å². The highest BCUT2D eigenvalue weighted by Gasteiger charge is 2.37. The molecule has 3 rings (SSSR count). The molecule has 2 amide bonds. The Balaban J connectivity index is 1.79. The minimum absolute atomic E-state index is 0.191. The first-order chi connectivity index (χ1) is 13.1. The largest absolute Gasteiger partial charge is 0.496 e. The number of methoxy groups -OCH3 is 1. The number of rotatable bonds is 5. The number of amides is 2. The van der Waals surface area contributed by atoms with Gasteiger partial charge >= 0.3 is 6.09 Å². The number of hydrogen-bond donors (Lipinski definition) is 2. The molecule has 0 unspecified atom stereocenters. The summed E-state index contributed by atoms with van der Waals surface area (Å²) in [6.07, 6.45) is 0.431. The van der Waals surface area contributed by atoms with Crippen LogP contribution in [0.3, 0.4) is 0 Å². The number of piperidine rings is 1. The number of benzene rings is 2. The molecule has 1 aliphatic heterocycles. The minimum Gasteiger partial charge on any atom is -0.496 e. The monoisotopic (exact) mass is 368 g/mol. The van der Waals surface area contributed by atoms with Gasteiger partial charge in [-0.25, -0.2) is 4.79 Å². The third-order valence-electron chi connectivity index (χ3n) is 5.32. The van der Waals surface area contributed by atoms with Gasteiger partial charge in [-0.3, -0.25) is 4.79 Å². The standard InChI is InChI=1S/C21H24N2O4/c1-27-18-10-6-5-9-17(18)19(24)22-15-21(16-7-3-2-4-8-16)11-13-23(14-12-21)20(25)26/h2-10H,11-15H2,1H3,(H,22,24)(H,25,26). The summed E-state index contributed by atoms with van der Waals surface area (Å²) in [7, 11) is 1.54. The van der Waals surface area contributed by atoms with Crippen molar-refractivity contribution >= 4 is 12.0 Å². The van der Waals surface area contributed by atoms with Gasteiger partial charge < -0.3 is 20.1 Å². The van der Waals surface area contributed by atoms with Crippen LogP contribution in [0.2, 0.25) is 0 Å². The summed E-state index contributed by atoms with van der Waals surface area (Å²) in [6.45, 7) is 1.35. The molecule has 1 saturated heterocycles. The van der Waals surface area contributed by atoms with Gasteiger partial charge in [0.2, 0.25) is 0 Å². The zero-order valence-electron chi connectivity index (χ0n) is 15.4. The predicted molar refractivity (Wildman–Crippen MR) is 102 cm³/mol. The van der Waals surface area contributed by atoms with E-state index < -0.39 is 6.09 Å². The first kappa shape index (κ1) is 18.8. The summed E-state index contributed by atoms with van der Waals surface area (Å²) < 4.78 is 5.28. The van der Waals surface area contributed by atoms with Gasteiger partial charge in [0.1, 0.15) is 5.75 Å². The molecular weight excluding hydrogens is 344 g/mol. The van der Waals surface area contributed by atoms with E-state index >= 15 is 0 Å². The van der Waals surface area contributed by atoms with Gasteiger partial charge in [-0.15, -0.1) is 0 Å². The van der Waals surface area contributed by atoms with Crippen LogP contribution in [-0.2, 0) is 5.41 Å². The van der Waals surface area contributed by atoms with E-state index in [2.05, 4.69) is 5.32 Å². The quantitative estimate of drug-likeness (QED) is 0.850. The van der Waals surface area contributed by atoms with Crippen molar-refractivity contribution in [2.24, 2.45) is 0 Å². The van der Waals surface area contributed by atoms with Crippen LogP contribution in [-0.4, -0.2) is 48.8 Å². The summed E-state index contributed by atoms with van der Waals surface area (Å²) in [5.41, 5.74) is 1.33. The van der Waals surface area contributed by atoms with Gasteiger partial charge in [0.25, 0.3) is 5.91 Å². The molecule has 142 valence electrons. The molecule has 0 spiro atoms. The van der Waals surface area contributed by atoms with Crippen molar-refractivity contribution in [1.82, 2.24) is 10.2 Å². The van der Waals surface area contributed by atoms with E-state index in [0.29, 0.717) is 43.8 Å². The van der Waals surface area contributed by atoms with Crippen molar-refractivity contribution in [3.8, 4) is 5.75 Å². The first-order valence-electron chi connectivity index (χ1n) is 9.00. The number of carbonyl (C=O) groups is 2. The Morgan fingerprint density at radius 1 is 1.07 bits per heavy atom. The molecule has 0 aliphatic carbocycles. The van der Waals surface area contributed by atoms with Crippen LogP contribution in [0.4, 0.5) is 4.79 Å². The summed E-state index contributed by atoms with van der Waals surface area (Å²) in [6, 6.07) is 17.1. The molecule has 1 heterocycles. The molecule has 0 aromatic heterocycles. The lowest BCUT2D eigenvalue weighted by Gasteiger charge is -2.41. The Hall–Kier alpha value is -3.02. The first-order valence-corrected chi connectivity index (χ1v) is 9.00. The molecule has 1 fully saturated rings. The summed E-state index contributed by atoms with van der Waals surface area (Å²) >= 11 is 0. The van der Waals surface area contributed by atoms with Crippen LogP contribution in [0.25, 0.3) is 0 Å². The van der Waals surface area contributed by atoms with Gasteiger partial charge in [-0.2, -0.15) is 0 Å². The van der Waals surface area contributed by atoms with Crippen LogP contribution in [0.1, 0.15) is 28.8 Å². The highest BCUT2D eigenvalue weighted by molar-refractivity contribution is 5.97. The number of carboxylic acid groups (broad SMARTS) is 1. The summed E-state index contributed by atoms with van der Waals surface area (Å²) in [4.78, 5) is 25.4. The van der Waals surface area contributed by atoms with E-state index in [4.69, 9.17) is 4.74 Å². The highest BCUT2D eigenvalue weighted by Crippen LogP contribution is 2.35. The number of carbonyl (C=O) groups excluding carboxylic acids is 1. The molecule has 1 aliphatic rings. The number of para-hydroxylation sites is 1. The maximum atomic E-state index is 12.7. The van der Waals surface area contributed by atoms with Gasteiger partial charge in [0.05, 0.1) is 12.7 Å². The third kappa shape index (κ3) is 4.05. The van der Waals surface area contributed by atoms with Gasteiger partial charge in [0, 0.05) is 25.0 Å². The molecular formula is C21H24N2O4. The van der Waals surface area contributed by atoms with Crippen molar-refractivity contribution in [2.45, 2.75) is 18.3 Å². The van der Waals surface area contributed by atoms with Gasteiger partial charge in [0.15, 0.2) is 0 Å². The topological polar surface area (TPSA) is 78.9 Å². The fraction of sp³-hybridized carbons (Fsp3) is 0.333. The molecule has 6 nitrogen and oxygen atoms in total. The molecule has 2 aromatic rings. The van der Waals surface area contributed by atoms with E-state index in [0.717, 1.165) is 5.56 Å². The zero-order valence-corrected chi connectivity index (χ0v) is 15.4. The molecule has 0 radical (unpaired) electrons. The van der Waals surface area contributed by atoms with E-state index in [1.165, 1.54) is 4.90 Å². The van der Waals surface area contributed by atoms with E-state index in [1.54, 1.807) is 25.3 Å². The molecule has 6 heteroatoms. The molecule has 27 heavy (non-hydrogen) atoms. The number of hydrogen-bond acceptors (Lipinski definition) is 3. The smallest absolute Gasteiger partial charge is 0.407 e. The minimum atomic E-state index is -0.894. The van der Waals surface area contributed by atoms with E-state index in [-0.39, 0.29) is 11.3 Å². The average molecular weight is 368 g/mol. The van der Waals surface area contributed by atoms with E-state index in [9.17, 15) is 14.7 Å². The lowest BCUT2D eigenvalue weighted by Crippen LogP contribution is -2.50. The number of likely N-dealkylation sites (tertiary alicyclic amines) is 1. The molecule has 2 N–H and O–H groups in total. The number of nitrogens with zero attached hydrogens (tertiary/aromatic N) is 1. The van der Waals surface area contributed by atoms with E-state index in [1.807, 2.05) is 36.4 Å². The maximum Gasteiger partial charge on any atom is 0.407 e. The Morgan fingerprint density at radius 2 is 1.70 bits per heavy atom. The second-order valence-corrected chi connectivity index (χ2v) is 6.80. The fourth-order valence-corrected chi connectivity index (χ4v) is 3.66. The highest BCUT2D eigenvalue weighted by atomic mass is 16.5. The normalized spacial score (nSPS) is 15.8. The van der Waals surface area contributed by atoms with Gasteiger partial charge in [-0.05, 0) is 30.5 Å². The molecule has 0 saturated carbocycles. The Morgan fingerprint density at radius 3 is 2.33 bits per heavy atom. The van der Waals surface area contributed by atoms with Crippen LogP contribution >= 0.6 is 0 Å².